The van der Waals surface area contributed by atoms with Gasteiger partial charge >= 0.3 is 5.97 Å². The maximum atomic E-state index is 15.4. The molecule has 1 aromatic heterocycles. The van der Waals surface area contributed by atoms with Gasteiger partial charge < -0.3 is 14.4 Å². The summed E-state index contributed by atoms with van der Waals surface area (Å²) >= 11 is 0. The van der Waals surface area contributed by atoms with E-state index in [-0.39, 0.29) is 17.7 Å². The van der Waals surface area contributed by atoms with Crippen LogP contribution in [0, 0.1) is 5.82 Å². The summed E-state index contributed by atoms with van der Waals surface area (Å²) in [5, 5.41) is 9.41. The highest BCUT2D eigenvalue weighted by atomic mass is 19.1. The van der Waals surface area contributed by atoms with Gasteiger partial charge in [-0.1, -0.05) is 63.4 Å². The first-order valence-electron chi connectivity index (χ1n) is 12.8. The Labute approximate surface area is 211 Å². The van der Waals surface area contributed by atoms with E-state index in [0.29, 0.717) is 22.7 Å². The average molecular weight is 489 g/mol. The Morgan fingerprint density at radius 2 is 1.75 bits per heavy atom. The SMILES string of the molecule is CC.CC(Oc1ccc(-c2nc3cc(C(=O)O)ccc3n2C2CCCCC2)c(F)c1)c1ccccc1. The summed E-state index contributed by atoms with van der Waals surface area (Å²) in [6.07, 6.45) is 5.20. The summed E-state index contributed by atoms with van der Waals surface area (Å²) in [5.74, 6) is -0.435. The Kier molecular flexibility index (Phi) is 8.04. The summed E-state index contributed by atoms with van der Waals surface area (Å²) in [7, 11) is 0. The van der Waals surface area contributed by atoms with Gasteiger partial charge in [-0.25, -0.2) is 14.2 Å². The fraction of sp³-hybridized carbons (Fsp3) is 0.333. The minimum Gasteiger partial charge on any atom is -0.486 e. The average Bonchev–Trinajstić information content (AvgIpc) is 3.29. The number of hydrogen-bond donors (Lipinski definition) is 1. The Hall–Kier alpha value is -3.67. The Bertz CT molecular complexity index is 1330. The molecule has 5 rings (SSSR count). The van der Waals surface area contributed by atoms with E-state index >= 15 is 4.39 Å². The van der Waals surface area contributed by atoms with Crippen LogP contribution in [0.5, 0.6) is 5.75 Å². The van der Waals surface area contributed by atoms with Gasteiger partial charge in [0.1, 0.15) is 23.5 Å². The summed E-state index contributed by atoms with van der Waals surface area (Å²) in [4.78, 5) is 16.2. The second kappa shape index (κ2) is 11.4. The van der Waals surface area contributed by atoms with Crippen LogP contribution in [0.3, 0.4) is 0 Å². The minimum absolute atomic E-state index is 0.173. The topological polar surface area (TPSA) is 64.3 Å². The quantitative estimate of drug-likeness (QED) is 0.297. The summed E-state index contributed by atoms with van der Waals surface area (Å²) in [5.41, 5.74) is 2.98. The largest absolute Gasteiger partial charge is 0.486 e. The van der Waals surface area contributed by atoms with Crippen molar-refractivity contribution in [2.45, 2.75) is 65.0 Å². The van der Waals surface area contributed by atoms with Crippen LogP contribution in [0.4, 0.5) is 4.39 Å². The lowest BCUT2D eigenvalue weighted by atomic mass is 9.94. The van der Waals surface area contributed by atoms with E-state index in [1.54, 1.807) is 30.3 Å². The highest BCUT2D eigenvalue weighted by molar-refractivity contribution is 5.93. The lowest BCUT2D eigenvalue weighted by Gasteiger charge is -2.26. The third kappa shape index (κ3) is 5.27. The zero-order chi connectivity index (χ0) is 25.7. The number of ether oxygens (including phenoxy) is 1. The van der Waals surface area contributed by atoms with E-state index in [0.717, 1.165) is 36.8 Å². The molecule has 5 nitrogen and oxygen atoms in total. The molecule has 1 heterocycles. The van der Waals surface area contributed by atoms with Crippen LogP contribution < -0.4 is 4.74 Å². The second-order valence-electron chi connectivity index (χ2n) is 8.92. The van der Waals surface area contributed by atoms with Gasteiger partial charge in [0.25, 0.3) is 0 Å². The molecule has 0 amide bonds. The van der Waals surface area contributed by atoms with E-state index in [2.05, 4.69) is 4.57 Å². The van der Waals surface area contributed by atoms with Crippen LogP contribution in [-0.2, 0) is 0 Å². The number of hydrogen-bond acceptors (Lipinski definition) is 3. The highest BCUT2D eigenvalue weighted by Crippen LogP contribution is 2.37. The van der Waals surface area contributed by atoms with Crippen molar-refractivity contribution in [3.63, 3.8) is 0 Å². The monoisotopic (exact) mass is 488 g/mol. The molecule has 36 heavy (non-hydrogen) atoms. The molecule has 1 unspecified atom stereocenters. The molecule has 6 heteroatoms. The molecule has 4 aromatic rings. The summed E-state index contributed by atoms with van der Waals surface area (Å²) in [6.45, 7) is 5.93. The number of fused-ring (bicyclic) bond motifs is 1. The van der Waals surface area contributed by atoms with Crippen molar-refractivity contribution in [1.82, 2.24) is 9.55 Å². The molecule has 1 fully saturated rings. The number of nitrogens with zero attached hydrogens (tertiary/aromatic N) is 2. The number of carboxylic acid groups (broad SMARTS) is 1. The molecule has 0 bridgehead atoms. The summed E-state index contributed by atoms with van der Waals surface area (Å²) < 4.78 is 23.5. The Morgan fingerprint density at radius 1 is 1.03 bits per heavy atom. The highest BCUT2D eigenvalue weighted by Gasteiger charge is 2.24. The number of benzene rings is 3. The molecule has 0 saturated heterocycles. The van der Waals surface area contributed by atoms with E-state index in [1.165, 1.54) is 12.5 Å². The van der Waals surface area contributed by atoms with E-state index < -0.39 is 11.8 Å². The normalized spacial score (nSPS) is 14.7. The Balaban J connectivity index is 0.00000148. The van der Waals surface area contributed by atoms with Crippen molar-refractivity contribution in [3.8, 4) is 17.1 Å². The van der Waals surface area contributed by atoms with E-state index in [1.807, 2.05) is 51.1 Å². The van der Waals surface area contributed by atoms with Crippen molar-refractivity contribution in [2.75, 3.05) is 0 Å². The molecule has 0 spiro atoms. The van der Waals surface area contributed by atoms with Crippen LogP contribution >= 0.6 is 0 Å². The second-order valence-corrected chi connectivity index (χ2v) is 8.92. The van der Waals surface area contributed by atoms with Crippen LogP contribution in [0.2, 0.25) is 0 Å². The molecule has 1 atom stereocenters. The van der Waals surface area contributed by atoms with Gasteiger partial charge in [-0.15, -0.1) is 0 Å². The lowest BCUT2D eigenvalue weighted by Crippen LogP contribution is -2.14. The van der Waals surface area contributed by atoms with Crippen LogP contribution in [0.15, 0.2) is 66.7 Å². The van der Waals surface area contributed by atoms with Crippen molar-refractivity contribution >= 4 is 17.0 Å². The predicted molar refractivity (Wildman–Crippen MR) is 141 cm³/mol. The first-order chi connectivity index (χ1) is 17.5. The lowest BCUT2D eigenvalue weighted by molar-refractivity contribution is 0.0697. The third-order valence-electron chi connectivity index (χ3n) is 6.64. The number of aromatic nitrogens is 2. The smallest absolute Gasteiger partial charge is 0.335 e. The molecule has 1 aliphatic rings. The number of carboxylic acids is 1. The summed E-state index contributed by atoms with van der Waals surface area (Å²) in [6, 6.07) is 19.8. The van der Waals surface area contributed by atoms with Gasteiger partial charge in [0, 0.05) is 12.1 Å². The molecule has 1 aliphatic carbocycles. The fourth-order valence-corrected chi connectivity index (χ4v) is 4.88. The van der Waals surface area contributed by atoms with Crippen molar-refractivity contribution in [1.29, 1.82) is 0 Å². The first-order valence-corrected chi connectivity index (χ1v) is 12.8. The number of aromatic carboxylic acids is 1. The molecular weight excluding hydrogens is 455 g/mol. The van der Waals surface area contributed by atoms with Gasteiger partial charge in [0.2, 0.25) is 0 Å². The minimum atomic E-state index is -1.00. The molecule has 0 radical (unpaired) electrons. The van der Waals surface area contributed by atoms with Crippen LogP contribution in [0.25, 0.3) is 22.4 Å². The van der Waals surface area contributed by atoms with Gasteiger partial charge in [-0.3, -0.25) is 0 Å². The number of rotatable bonds is 6. The van der Waals surface area contributed by atoms with E-state index in [4.69, 9.17) is 9.72 Å². The fourth-order valence-electron chi connectivity index (χ4n) is 4.88. The molecule has 1 N–H and O–H groups in total. The van der Waals surface area contributed by atoms with Gasteiger partial charge in [-0.2, -0.15) is 0 Å². The molecule has 0 aliphatic heterocycles. The molecular formula is C30H33FN2O3. The molecule has 1 saturated carbocycles. The molecule has 188 valence electrons. The van der Waals surface area contributed by atoms with Gasteiger partial charge in [-0.05, 0) is 55.7 Å². The third-order valence-corrected chi connectivity index (χ3v) is 6.64. The standard InChI is InChI=1S/C28H27FN2O3.C2H6/c1-18(19-8-4-2-5-9-19)34-22-13-14-23(24(29)17-22)27-30-25-16-20(28(32)33)12-15-26(25)31(27)21-10-6-3-7-11-21;1-2/h2,4-5,8-9,12-18,21H,3,6-7,10-11H2,1H3,(H,32,33);1-2H3. The van der Waals surface area contributed by atoms with Crippen molar-refractivity contribution in [3.05, 3.63) is 83.7 Å². The van der Waals surface area contributed by atoms with Crippen LogP contribution in [-0.4, -0.2) is 20.6 Å². The molecule has 3 aromatic carbocycles. The number of imidazole rings is 1. The maximum absolute atomic E-state index is 15.4. The first kappa shape index (κ1) is 25.4. The van der Waals surface area contributed by atoms with Gasteiger partial charge in [0.15, 0.2) is 0 Å². The van der Waals surface area contributed by atoms with Crippen LogP contribution in [0.1, 0.15) is 80.9 Å². The van der Waals surface area contributed by atoms with Crippen molar-refractivity contribution < 1.29 is 19.0 Å². The number of halogens is 1. The van der Waals surface area contributed by atoms with E-state index in [9.17, 15) is 9.90 Å². The number of carbonyl (C=O) groups is 1. The maximum Gasteiger partial charge on any atom is 0.335 e. The zero-order valence-corrected chi connectivity index (χ0v) is 21.1. The van der Waals surface area contributed by atoms with Gasteiger partial charge in [0.05, 0.1) is 22.2 Å². The van der Waals surface area contributed by atoms with Crippen molar-refractivity contribution in [2.24, 2.45) is 0 Å². The zero-order valence-electron chi connectivity index (χ0n) is 21.1. The predicted octanol–water partition coefficient (Wildman–Crippen LogP) is 8.21. The Morgan fingerprint density at radius 3 is 2.42 bits per heavy atom.